The van der Waals surface area contributed by atoms with Crippen LogP contribution >= 0.6 is 15.9 Å². The molecule has 3 nitrogen and oxygen atoms in total. The van der Waals surface area contributed by atoms with Crippen LogP contribution in [0.25, 0.3) is 0 Å². The first-order valence-electron chi connectivity index (χ1n) is 5.95. The van der Waals surface area contributed by atoms with Gasteiger partial charge in [0.2, 0.25) is 0 Å². The van der Waals surface area contributed by atoms with Crippen LogP contribution in [0.4, 0.5) is 0 Å². The summed E-state index contributed by atoms with van der Waals surface area (Å²) in [6.07, 6.45) is 2.08. The van der Waals surface area contributed by atoms with E-state index in [0.717, 1.165) is 12.8 Å². The summed E-state index contributed by atoms with van der Waals surface area (Å²) >= 11 is 3.32. The number of carboxylic acids is 1. The molecule has 0 saturated carbocycles. The second-order valence-corrected chi connectivity index (χ2v) is 6.32. The van der Waals surface area contributed by atoms with Gasteiger partial charge in [-0.2, -0.15) is 0 Å². The van der Waals surface area contributed by atoms with Crippen molar-refractivity contribution in [2.75, 3.05) is 6.61 Å². The number of carbonyl (C=O) groups is 1. The molecule has 0 unspecified atom stereocenters. The van der Waals surface area contributed by atoms with Crippen LogP contribution in [0, 0.1) is 5.41 Å². The summed E-state index contributed by atoms with van der Waals surface area (Å²) in [6, 6.07) is 4.79. The Morgan fingerprint density at radius 1 is 1.39 bits per heavy atom. The Morgan fingerprint density at radius 3 is 2.56 bits per heavy atom. The van der Waals surface area contributed by atoms with Crippen LogP contribution in [-0.4, -0.2) is 17.7 Å². The summed E-state index contributed by atoms with van der Waals surface area (Å²) in [4.78, 5) is 10.8. The number of hydrogen-bond acceptors (Lipinski definition) is 2. The second kappa shape index (κ2) is 6.23. The molecule has 0 aliphatic rings. The molecule has 0 saturated heterocycles. The lowest BCUT2D eigenvalue weighted by Gasteiger charge is -2.18. The number of halogens is 1. The molecule has 4 heteroatoms. The van der Waals surface area contributed by atoms with E-state index in [1.807, 2.05) is 0 Å². The van der Waals surface area contributed by atoms with Crippen LogP contribution in [0.15, 0.2) is 22.7 Å². The third-order valence-corrected chi connectivity index (χ3v) is 3.13. The van der Waals surface area contributed by atoms with E-state index in [0.29, 0.717) is 22.2 Å². The van der Waals surface area contributed by atoms with Gasteiger partial charge >= 0.3 is 5.97 Å². The molecule has 0 aliphatic heterocycles. The highest BCUT2D eigenvalue weighted by Crippen LogP contribution is 2.27. The van der Waals surface area contributed by atoms with E-state index in [1.165, 1.54) is 0 Å². The Kier molecular flexibility index (Phi) is 5.20. The predicted octanol–water partition coefficient (Wildman–Crippen LogP) is 4.35. The van der Waals surface area contributed by atoms with Crippen molar-refractivity contribution in [2.45, 2.75) is 33.6 Å². The highest BCUT2D eigenvalue weighted by Gasteiger charge is 2.10. The average molecular weight is 315 g/mol. The molecule has 0 fully saturated rings. The van der Waals surface area contributed by atoms with E-state index >= 15 is 0 Å². The van der Waals surface area contributed by atoms with Crippen molar-refractivity contribution in [3.05, 3.63) is 28.2 Å². The van der Waals surface area contributed by atoms with Crippen molar-refractivity contribution >= 4 is 21.9 Å². The highest BCUT2D eigenvalue weighted by molar-refractivity contribution is 9.10. The summed E-state index contributed by atoms with van der Waals surface area (Å²) in [7, 11) is 0. The summed E-state index contributed by atoms with van der Waals surface area (Å²) in [5.74, 6) is -0.246. The van der Waals surface area contributed by atoms with Crippen LogP contribution < -0.4 is 4.74 Å². The quantitative estimate of drug-likeness (QED) is 0.822. The average Bonchev–Trinajstić information content (AvgIpc) is 2.24. The molecule has 1 rings (SSSR count). The molecule has 0 spiro atoms. The highest BCUT2D eigenvalue weighted by atomic mass is 79.9. The lowest BCUT2D eigenvalue weighted by atomic mass is 9.91. The molecule has 1 aromatic carbocycles. The SMILES string of the molecule is CC(C)(C)CCCOc1ccc(C(=O)O)cc1Br. The van der Waals surface area contributed by atoms with Gasteiger partial charge in [-0.3, -0.25) is 0 Å². The maximum Gasteiger partial charge on any atom is 0.335 e. The smallest absolute Gasteiger partial charge is 0.335 e. The zero-order valence-electron chi connectivity index (χ0n) is 11.0. The van der Waals surface area contributed by atoms with Gasteiger partial charge in [0.25, 0.3) is 0 Å². The van der Waals surface area contributed by atoms with Gasteiger partial charge < -0.3 is 9.84 Å². The van der Waals surface area contributed by atoms with Gasteiger partial charge in [-0.1, -0.05) is 20.8 Å². The number of aromatic carboxylic acids is 1. The molecule has 0 aromatic heterocycles. The van der Waals surface area contributed by atoms with Crippen LogP contribution in [-0.2, 0) is 0 Å². The minimum Gasteiger partial charge on any atom is -0.492 e. The number of ether oxygens (including phenoxy) is 1. The van der Waals surface area contributed by atoms with E-state index in [1.54, 1.807) is 18.2 Å². The van der Waals surface area contributed by atoms with E-state index < -0.39 is 5.97 Å². The van der Waals surface area contributed by atoms with Gasteiger partial charge in [-0.15, -0.1) is 0 Å². The van der Waals surface area contributed by atoms with Gasteiger partial charge in [-0.05, 0) is 52.4 Å². The first-order valence-corrected chi connectivity index (χ1v) is 6.74. The Balaban J connectivity index is 2.51. The maximum atomic E-state index is 10.8. The fourth-order valence-electron chi connectivity index (χ4n) is 1.54. The normalized spacial score (nSPS) is 11.3. The minimum atomic E-state index is -0.935. The molecule has 0 aliphatic carbocycles. The van der Waals surface area contributed by atoms with Crippen molar-refractivity contribution < 1.29 is 14.6 Å². The van der Waals surface area contributed by atoms with Crippen molar-refractivity contribution in [1.29, 1.82) is 0 Å². The Hall–Kier alpha value is -1.03. The van der Waals surface area contributed by atoms with E-state index in [4.69, 9.17) is 9.84 Å². The molecule has 100 valence electrons. The Labute approximate surface area is 116 Å². The monoisotopic (exact) mass is 314 g/mol. The lowest BCUT2D eigenvalue weighted by molar-refractivity contribution is 0.0696. The van der Waals surface area contributed by atoms with E-state index in [9.17, 15) is 4.79 Å². The topological polar surface area (TPSA) is 46.5 Å². The molecule has 0 atom stereocenters. The third kappa shape index (κ3) is 5.08. The number of carboxylic acid groups (broad SMARTS) is 1. The van der Waals surface area contributed by atoms with E-state index in [2.05, 4.69) is 36.7 Å². The Morgan fingerprint density at radius 2 is 2.06 bits per heavy atom. The number of benzene rings is 1. The van der Waals surface area contributed by atoms with Crippen LogP contribution in [0.3, 0.4) is 0 Å². The lowest BCUT2D eigenvalue weighted by Crippen LogP contribution is -2.08. The first kappa shape index (κ1) is 15.0. The van der Waals surface area contributed by atoms with Crippen molar-refractivity contribution in [2.24, 2.45) is 5.41 Å². The fraction of sp³-hybridized carbons (Fsp3) is 0.500. The van der Waals surface area contributed by atoms with Gasteiger partial charge in [0.05, 0.1) is 16.6 Å². The van der Waals surface area contributed by atoms with Gasteiger partial charge in [0.15, 0.2) is 0 Å². The first-order chi connectivity index (χ1) is 8.29. The zero-order chi connectivity index (χ0) is 13.8. The molecule has 0 amide bonds. The molecule has 18 heavy (non-hydrogen) atoms. The molecule has 1 N–H and O–H groups in total. The van der Waals surface area contributed by atoms with E-state index in [-0.39, 0.29) is 5.56 Å². The summed E-state index contributed by atoms with van der Waals surface area (Å²) in [5, 5.41) is 8.84. The van der Waals surface area contributed by atoms with Crippen LogP contribution in [0.1, 0.15) is 44.0 Å². The zero-order valence-corrected chi connectivity index (χ0v) is 12.6. The van der Waals surface area contributed by atoms with Crippen molar-refractivity contribution in [1.82, 2.24) is 0 Å². The third-order valence-electron chi connectivity index (χ3n) is 2.51. The molecule has 0 radical (unpaired) electrons. The Bertz CT molecular complexity index is 422. The summed E-state index contributed by atoms with van der Waals surface area (Å²) in [6.45, 7) is 7.24. The molecule has 0 heterocycles. The number of hydrogen-bond donors (Lipinski definition) is 1. The van der Waals surface area contributed by atoms with Gasteiger partial charge in [0.1, 0.15) is 5.75 Å². The van der Waals surface area contributed by atoms with Crippen LogP contribution in [0.2, 0.25) is 0 Å². The number of rotatable bonds is 5. The molecular weight excluding hydrogens is 296 g/mol. The fourth-order valence-corrected chi connectivity index (χ4v) is 2.03. The molecule has 1 aromatic rings. The summed E-state index contributed by atoms with van der Waals surface area (Å²) in [5.41, 5.74) is 0.567. The molecular formula is C14H19BrO3. The summed E-state index contributed by atoms with van der Waals surface area (Å²) < 4.78 is 6.31. The molecule has 0 bridgehead atoms. The van der Waals surface area contributed by atoms with Crippen molar-refractivity contribution in [3.8, 4) is 5.75 Å². The van der Waals surface area contributed by atoms with Gasteiger partial charge in [0, 0.05) is 0 Å². The van der Waals surface area contributed by atoms with Crippen molar-refractivity contribution in [3.63, 3.8) is 0 Å². The standard InChI is InChI=1S/C14H19BrO3/c1-14(2,3)7-4-8-18-12-6-5-10(13(16)17)9-11(12)15/h5-6,9H,4,7-8H2,1-3H3,(H,16,17). The second-order valence-electron chi connectivity index (χ2n) is 5.46. The maximum absolute atomic E-state index is 10.8. The van der Waals surface area contributed by atoms with Gasteiger partial charge in [-0.25, -0.2) is 4.79 Å². The predicted molar refractivity (Wildman–Crippen MR) is 75.3 cm³/mol. The van der Waals surface area contributed by atoms with Crippen LogP contribution in [0.5, 0.6) is 5.75 Å². The largest absolute Gasteiger partial charge is 0.492 e. The minimum absolute atomic E-state index is 0.254.